The predicted molar refractivity (Wildman–Crippen MR) is 367 cm³/mol. The molecule has 3 aromatic carbocycles. The van der Waals surface area contributed by atoms with Crippen LogP contribution in [0.1, 0.15) is 132 Å². The lowest BCUT2D eigenvalue weighted by molar-refractivity contribution is -0.140. The topological polar surface area (TPSA) is 188 Å². The van der Waals surface area contributed by atoms with Gasteiger partial charge in [-0.1, -0.05) is 47.5 Å². The Morgan fingerprint density at radius 2 is 0.967 bits per heavy atom. The molecule has 6 aromatic heterocycles. The molecular weight excluding hydrogens is 1240 g/mol. The van der Waals surface area contributed by atoms with Crippen LogP contribution in [0.4, 0.5) is 41.6 Å². The summed E-state index contributed by atoms with van der Waals surface area (Å²) in [5.41, 5.74) is 23.0. The molecule has 0 spiro atoms. The summed E-state index contributed by atoms with van der Waals surface area (Å²) in [4.78, 5) is 60.9. The van der Waals surface area contributed by atoms with Crippen molar-refractivity contribution in [2.75, 3.05) is 85.1 Å². The van der Waals surface area contributed by atoms with Gasteiger partial charge in [0, 0.05) is 92.6 Å². The average molecular weight is 1320 g/mol. The van der Waals surface area contributed by atoms with Gasteiger partial charge in [0.2, 0.25) is 0 Å². The number of aryl methyl sites for hydroxylation is 4. The second kappa shape index (κ2) is 29.8. The molecule has 0 saturated carbocycles. The van der Waals surface area contributed by atoms with Gasteiger partial charge in [0.1, 0.15) is 29.9 Å². The van der Waals surface area contributed by atoms with Crippen LogP contribution in [0.5, 0.6) is 0 Å². The number of carbonyl (C=O) groups excluding carboxylic acids is 3. The summed E-state index contributed by atoms with van der Waals surface area (Å²) in [6.45, 7) is 15.7. The van der Waals surface area contributed by atoms with Crippen molar-refractivity contribution in [2.45, 2.75) is 111 Å². The van der Waals surface area contributed by atoms with Crippen molar-refractivity contribution in [3.8, 4) is 0 Å². The Bertz CT molecular complexity index is 4020. The van der Waals surface area contributed by atoms with Crippen molar-refractivity contribution >= 4 is 134 Å². The fourth-order valence-electron chi connectivity index (χ4n) is 11.6. The van der Waals surface area contributed by atoms with Gasteiger partial charge in [0.05, 0.1) is 37.7 Å². The number of hydrogen-bond acceptors (Lipinski definition) is 14. The zero-order chi connectivity index (χ0) is 63.6. The minimum Gasteiger partial charge on any atom is -0.397 e. The van der Waals surface area contributed by atoms with E-state index in [1.807, 2.05) is 45.0 Å². The highest BCUT2D eigenvalue weighted by Crippen LogP contribution is 2.37. The number of nitrogen functional groups attached to an aromatic ring is 2. The third-order valence-corrected chi connectivity index (χ3v) is 20.8. The number of thiophene rings is 3. The molecule has 3 aliphatic heterocycles. The molecule has 0 aliphatic carbocycles. The summed E-state index contributed by atoms with van der Waals surface area (Å²) in [5.74, 6) is -0.583. The average Bonchev–Trinajstić information content (AvgIpc) is 1.78. The van der Waals surface area contributed by atoms with Crippen LogP contribution >= 0.6 is 57.2 Å². The molecule has 0 atom stereocenters. The van der Waals surface area contributed by atoms with Gasteiger partial charge < -0.3 is 42.1 Å². The number of hydrogen-bond donors (Lipinski definition) is 5. The smallest absolute Gasteiger partial charge is 0.397 e. The first-order valence-electron chi connectivity index (χ1n) is 30.8. The number of alkyl halides is 3. The molecule has 9 aromatic rings. The van der Waals surface area contributed by atoms with E-state index in [1.54, 1.807) is 13.1 Å². The number of nitrogens with one attached hydrogen (secondary N) is 3. The Kier molecular flexibility index (Phi) is 21.8. The SMILES string of the molecule is Cc1c(C(=O)NCCc2ccc(N3CCCCC3)cc2)sc2nc(C(F)(F)F)ccc12.Cc1cc2c(N)c(C(=O)NCCc3ccc(N4CCCCC4)c(Cl)c3)sc2nc1C.Cc1cnc2sc(C(=O)NCCc3ccc(N4CCCCC4)c(Cl)c3)c(N)c2c1. The molecule has 12 rings (SSSR count). The van der Waals surface area contributed by atoms with Crippen LogP contribution in [-0.4, -0.2) is 91.6 Å². The molecular formula is C68H76Cl2F3N11O3S3. The molecule has 0 radical (unpaired) electrons. The summed E-state index contributed by atoms with van der Waals surface area (Å²) in [7, 11) is 0. The van der Waals surface area contributed by atoms with Crippen LogP contribution in [-0.2, 0) is 25.4 Å². The molecule has 14 nitrogen and oxygen atoms in total. The van der Waals surface area contributed by atoms with Crippen LogP contribution in [0.3, 0.4) is 0 Å². The molecule has 3 amide bonds. The molecule has 0 unspecified atom stereocenters. The number of amides is 3. The second-order valence-corrected chi connectivity index (χ2v) is 27.1. The molecule has 9 heterocycles. The maximum Gasteiger partial charge on any atom is 0.433 e. The number of carbonyl (C=O) groups is 3. The largest absolute Gasteiger partial charge is 0.433 e. The summed E-state index contributed by atoms with van der Waals surface area (Å²) in [5, 5.41) is 12.7. The highest BCUT2D eigenvalue weighted by Gasteiger charge is 2.33. The summed E-state index contributed by atoms with van der Waals surface area (Å²) < 4.78 is 38.7. The molecule has 474 valence electrons. The minimum atomic E-state index is -4.50. The van der Waals surface area contributed by atoms with Gasteiger partial charge in [-0.25, -0.2) is 15.0 Å². The molecule has 3 aliphatic rings. The Balaban J connectivity index is 0.000000149. The van der Waals surface area contributed by atoms with Crippen LogP contribution in [0, 0.1) is 27.7 Å². The normalized spacial score (nSPS) is 14.5. The number of anilines is 5. The van der Waals surface area contributed by atoms with Crippen molar-refractivity contribution in [3.63, 3.8) is 0 Å². The van der Waals surface area contributed by atoms with E-state index in [9.17, 15) is 27.6 Å². The summed E-state index contributed by atoms with van der Waals surface area (Å²) >= 11 is 16.7. The van der Waals surface area contributed by atoms with E-state index in [0.29, 0.717) is 75.9 Å². The monoisotopic (exact) mass is 1320 g/mol. The Hall–Kier alpha value is -7.23. The summed E-state index contributed by atoms with van der Waals surface area (Å²) in [6, 6.07) is 27.2. The number of rotatable bonds is 15. The summed E-state index contributed by atoms with van der Waals surface area (Å²) in [6.07, 6.45) is 10.7. The van der Waals surface area contributed by atoms with Gasteiger partial charge in [-0.3, -0.25) is 14.4 Å². The third-order valence-electron chi connectivity index (χ3n) is 16.8. The molecule has 90 heavy (non-hydrogen) atoms. The maximum absolute atomic E-state index is 12.9. The van der Waals surface area contributed by atoms with E-state index in [0.717, 1.165) is 132 Å². The molecule has 22 heteroatoms. The van der Waals surface area contributed by atoms with Crippen molar-refractivity contribution < 1.29 is 27.6 Å². The lowest BCUT2D eigenvalue weighted by atomic mass is 10.1. The molecule has 7 N–H and O–H groups in total. The van der Waals surface area contributed by atoms with E-state index in [-0.39, 0.29) is 22.6 Å². The number of benzene rings is 3. The van der Waals surface area contributed by atoms with Crippen molar-refractivity contribution in [3.05, 3.63) is 161 Å². The van der Waals surface area contributed by atoms with Crippen molar-refractivity contribution in [2.24, 2.45) is 0 Å². The number of nitrogens with two attached hydrogens (primary N) is 2. The van der Waals surface area contributed by atoms with Gasteiger partial charge in [0.15, 0.2) is 0 Å². The first-order chi connectivity index (χ1) is 43.3. The molecule has 0 bridgehead atoms. The third kappa shape index (κ3) is 16.1. The van der Waals surface area contributed by atoms with Crippen LogP contribution < -0.4 is 42.1 Å². The first kappa shape index (κ1) is 65.7. The van der Waals surface area contributed by atoms with E-state index in [4.69, 9.17) is 34.7 Å². The van der Waals surface area contributed by atoms with Crippen LogP contribution in [0.25, 0.3) is 30.6 Å². The number of pyridine rings is 3. The van der Waals surface area contributed by atoms with E-state index >= 15 is 0 Å². The number of piperidine rings is 3. The lowest BCUT2D eigenvalue weighted by Crippen LogP contribution is -2.29. The highest BCUT2D eigenvalue weighted by molar-refractivity contribution is 7.21. The van der Waals surface area contributed by atoms with E-state index in [2.05, 4.69) is 94.1 Å². The Morgan fingerprint density at radius 1 is 0.522 bits per heavy atom. The lowest BCUT2D eigenvalue weighted by Gasteiger charge is -2.29. The highest BCUT2D eigenvalue weighted by atomic mass is 35.5. The van der Waals surface area contributed by atoms with Gasteiger partial charge in [-0.05, 0) is 199 Å². The Morgan fingerprint density at radius 3 is 1.48 bits per heavy atom. The molecule has 3 fully saturated rings. The van der Waals surface area contributed by atoms with E-state index < -0.39 is 11.9 Å². The van der Waals surface area contributed by atoms with Gasteiger partial charge >= 0.3 is 6.18 Å². The standard InChI is InChI=1S/C23H27ClN4OS.C23H24F3N3OS.C22H25ClN4OS/c1-14-12-17-20(25)21(30-23(17)27-15(14)2)22(29)26-9-8-16-6-7-19(18(24)13-16)28-10-4-3-5-11-28;1-15-18-9-10-19(23(24,25)26)28-22(18)31-20(15)21(30)27-12-11-16-5-7-17(8-6-16)29-13-3-2-4-14-29;1-14-11-16-19(24)20(29-22(16)26-13-14)21(28)25-8-7-15-5-6-18(17(23)12-15)27-9-3-2-4-10-27/h6-7,12-13H,3-5,8-11,25H2,1-2H3,(H,26,29);5-10H,2-4,11-14H2,1H3,(H,27,30);5-6,11-13H,2-4,7-10,24H2,1H3,(H,25,28). The van der Waals surface area contributed by atoms with Gasteiger partial charge in [0.25, 0.3) is 17.7 Å². The van der Waals surface area contributed by atoms with Crippen LogP contribution in [0.15, 0.2) is 91.1 Å². The number of aromatic nitrogens is 3. The fourth-order valence-corrected chi connectivity index (χ4v) is 15.3. The zero-order valence-electron chi connectivity index (χ0n) is 51.2. The van der Waals surface area contributed by atoms with Crippen molar-refractivity contribution in [1.29, 1.82) is 0 Å². The van der Waals surface area contributed by atoms with Crippen molar-refractivity contribution in [1.82, 2.24) is 30.9 Å². The maximum atomic E-state index is 12.9. The van der Waals surface area contributed by atoms with Gasteiger partial charge in [-0.15, -0.1) is 34.0 Å². The number of fused-ring (bicyclic) bond motifs is 3. The second-order valence-electron chi connectivity index (χ2n) is 23.3. The quantitative estimate of drug-likeness (QED) is 0.0657. The predicted octanol–water partition coefficient (Wildman–Crippen LogP) is 15.5. The van der Waals surface area contributed by atoms with Crippen LogP contribution in [0.2, 0.25) is 10.0 Å². The zero-order valence-corrected chi connectivity index (χ0v) is 55.1. The first-order valence-corrected chi connectivity index (χ1v) is 34.0. The van der Waals surface area contributed by atoms with Gasteiger partial charge in [-0.2, -0.15) is 13.2 Å². The number of halogens is 5. The fraction of sp³-hybridized carbons (Fsp3) is 0.382. The minimum absolute atomic E-state index is 0.151. The molecule has 3 saturated heterocycles. The van der Waals surface area contributed by atoms with E-state index in [1.165, 1.54) is 92.2 Å². The number of nitrogens with zero attached hydrogens (tertiary/aromatic N) is 6. The Labute approximate surface area is 545 Å².